The highest BCUT2D eigenvalue weighted by molar-refractivity contribution is 7.13. The summed E-state index contributed by atoms with van der Waals surface area (Å²) in [7, 11) is 1.47. The summed E-state index contributed by atoms with van der Waals surface area (Å²) >= 11 is 1.32. The molecule has 1 N–H and O–H groups in total. The molecule has 0 aliphatic rings. The van der Waals surface area contributed by atoms with Crippen LogP contribution in [0.1, 0.15) is 21.6 Å². The number of halogens is 2. The first kappa shape index (κ1) is 22.4. The van der Waals surface area contributed by atoms with Crippen LogP contribution in [0, 0.1) is 18.6 Å². The van der Waals surface area contributed by atoms with E-state index in [2.05, 4.69) is 10.3 Å². The number of carbonyl (C=O) groups excluding carboxylic acids is 1. The standard InChI is InChI=1S/C25H20F2N2O3S/c1-15-6-9-17(10-7-15)28-24(30)21-14-33-25(29-21)16-8-11-22(23(12-16)31-2)32-13-18-19(26)4-3-5-20(18)27/h3-12,14H,13H2,1-2H3,(H,28,30). The average Bonchev–Trinajstić information content (AvgIpc) is 3.31. The van der Waals surface area contributed by atoms with E-state index in [-0.39, 0.29) is 18.1 Å². The van der Waals surface area contributed by atoms with Gasteiger partial charge >= 0.3 is 0 Å². The smallest absolute Gasteiger partial charge is 0.275 e. The largest absolute Gasteiger partial charge is 0.493 e. The van der Waals surface area contributed by atoms with Crippen LogP contribution in [0.4, 0.5) is 14.5 Å². The van der Waals surface area contributed by atoms with Crippen molar-refractivity contribution in [2.75, 3.05) is 12.4 Å². The Labute approximate surface area is 193 Å². The summed E-state index contributed by atoms with van der Waals surface area (Å²) in [5.74, 6) is -0.947. The molecule has 0 unspecified atom stereocenters. The Hall–Kier alpha value is -3.78. The second kappa shape index (κ2) is 9.79. The highest BCUT2D eigenvalue weighted by Crippen LogP contribution is 2.34. The van der Waals surface area contributed by atoms with E-state index in [0.717, 1.165) is 11.1 Å². The number of methoxy groups -OCH3 is 1. The summed E-state index contributed by atoms with van der Waals surface area (Å²) in [4.78, 5) is 16.9. The van der Waals surface area contributed by atoms with Gasteiger partial charge in [0.1, 0.15) is 28.9 Å². The van der Waals surface area contributed by atoms with Crippen molar-refractivity contribution in [3.8, 4) is 22.1 Å². The molecule has 0 fully saturated rings. The molecule has 0 aliphatic heterocycles. The molecule has 4 aromatic rings. The molecule has 1 heterocycles. The van der Waals surface area contributed by atoms with Crippen LogP contribution in [0.2, 0.25) is 0 Å². The van der Waals surface area contributed by atoms with Crippen LogP contribution in [-0.2, 0) is 6.61 Å². The molecule has 1 aromatic heterocycles. The number of nitrogens with one attached hydrogen (secondary N) is 1. The van der Waals surface area contributed by atoms with Crippen LogP contribution >= 0.6 is 11.3 Å². The number of aryl methyl sites for hydroxylation is 1. The van der Waals surface area contributed by atoms with E-state index in [1.165, 1.54) is 36.6 Å². The zero-order valence-corrected chi connectivity index (χ0v) is 18.7. The van der Waals surface area contributed by atoms with Gasteiger partial charge in [-0.25, -0.2) is 13.8 Å². The quantitative estimate of drug-likeness (QED) is 0.350. The van der Waals surface area contributed by atoms with Crippen molar-refractivity contribution in [1.29, 1.82) is 0 Å². The molecule has 33 heavy (non-hydrogen) atoms. The molecule has 1 amide bonds. The zero-order valence-electron chi connectivity index (χ0n) is 17.9. The van der Waals surface area contributed by atoms with E-state index in [0.29, 0.717) is 27.9 Å². The van der Waals surface area contributed by atoms with Crippen molar-refractivity contribution in [2.45, 2.75) is 13.5 Å². The van der Waals surface area contributed by atoms with Crippen molar-refractivity contribution >= 4 is 22.9 Å². The highest BCUT2D eigenvalue weighted by Gasteiger charge is 2.15. The maximum Gasteiger partial charge on any atom is 0.275 e. The van der Waals surface area contributed by atoms with Gasteiger partial charge in [0.05, 0.1) is 12.7 Å². The van der Waals surface area contributed by atoms with Crippen LogP contribution < -0.4 is 14.8 Å². The van der Waals surface area contributed by atoms with Crippen molar-refractivity contribution in [3.63, 3.8) is 0 Å². The van der Waals surface area contributed by atoms with Crippen LogP contribution in [0.3, 0.4) is 0 Å². The number of thiazole rings is 1. The molecule has 0 radical (unpaired) electrons. The number of rotatable bonds is 7. The predicted molar refractivity (Wildman–Crippen MR) is 124 cm³/mol. The van der Waals surface area contributed by atoms with E-state index < -0.39 is 11.6 Å². The monoisotopic (exact) mass is 466 g/mol. The van der Waals surface area contributed by atoms with E-state index >= 15 is 0 Å². The molecule has 0 saturated heterocycles. The predicted octanol–water partition coefficient (Wildman–Crippen LogP) is 6.24. The van der Waals surface area contributed by atoms with Crippen LogP contribution in [-0.4, -0.2) is 18.0 Å². The first-order chi connectivity index (χ1) is 15.9. The van der Waals surface area contributed by atoms with Crippen molar-refractivity contribution in [3.05, 3.63) is 94.5 Å². The number of anilines is 1. The molecule has 0 aliphatic carbocycles. The Kier molecular flexibility index (Phi) is 6.65. The summed E-state index contributed by atoms with van der Waals surface area (Å²) in [6.45, 7) is 1.69. The van der Waals surface area contributed by atoms with Gasteiger partial charge in [-0.15, -0.1) is 11.3 Å². The number of hydrogen-bond acceptors (Lipinski definition) is 5. The maximum absolute atomic E-state index is 13.9. The fourth-order valence-corrected chi connectivity index (χ4v) is 3.88. The summed E-state index contributed by atoms with van der Waals surface area (Å²) in [6.07, 6.45) is 0. The van der Waals surface area contributed by atoms with Crippen LogP contribution in [0.5, 0.6) is 11.5 Å². The minimum atomic E-state index is -0.676. The molecular formula is C25H20F2N2O3S. The molecule has 8 heteroatoms. The normalized spacial score (nSPS) is 10.7. The third-order valence-electron chi connectivity index (χ3n) is 4.89. The lowest BCUT2D eigenvalue weighted by Crippen LogP contribution is -2.12. The lowest BCUT2D eigenvalue weighted by molar-refractivity contribution is 0.102. The third-order valence-corrected chi connectivity index (χ3v) is 5.78. The average molecular weight is 467 g/mol. The van der Waals surface area contributed by atoms with Crippen molar-refractivity contribution in [1.82, 2.24) is 4.98 Å². The van der Waals surface area contributed by atoms with Gasteiger partial charge in [-0.2, -0.15) is 0 Å². The number of amides is 1. The number of ether oxygens (including phenoxy) is 2. The highest BCUT2D eigenvalue weighted by atomic mass is 32.1. The minimum Gasteiger partial charge on any atom is -0.493 e. The Morgan fingerprint density at radius 1 is 1.03 bits per heavy atom. The molecule has 0 spiro atoms. The lowest BCUT2D eigenvalue weighted by Gasteiger charge is -2.12. The second-order valence-electron chi connectivity index (χ2n) is 7.21. The summed E-state index contributed by atoms with van der Waals surface area (Å²) in [5, 5.41) is 5.12. The first-order valence-corrected chi connectivity index (χ1v) is 10.9. The molecule has 168 valence electrons. The van der Waals surface area contributed by atoms with Crippen molar-refractivity contribution in [2.24, 2.45) is 0 Å². The van der Waals surface area contributed by atoms with Crippen LogP contribution in [0.15, 0.2) is 66.0 Å². The number of aromatic nitrogens is 1. The number of nitrogens with zero attached hydrogens (tertiary/aromatic N) is 1. The van der Waals surface area contributed by atoms with Gasteiger partial charge in [0.25, 0.3) is 5.91 Å². The fourth-order valence-electron chi connectivity index (χ4n) is 3.08. The number of benzene rings is 3. The van der Waals surface area contributed by atoms with Gasteiger partial charge in [-0.1, -0.05) is 23.8 Å². The summed E-state index contributed by atoms with van der Waals surface area (Å²) < 4.78 is 38.7. The number of hydrogen-bond donors (Lipinski definition) is 1. The lowest BCUT2D eigenvalue weighted by atomic mass is 10.2. The summed E-state index contributed by atoms with van der Waals surface area (Å²) in [6, 6.07) is 16.2. The van der Waals surface area contributed by atoms with Gasteiger partial charge in [0.2, 0.25) is 0 Å². The van der Waals surface area contributed by atoms with E-state index in [4.69, 9.17) is 9.47 Å². The topological polar surface area (TPSA) is 60.5 Å². The van der Waals surface area contributed by atoms with E-state index in [9.17, 15) is 13.6 Å². The van der Waals surface area contributed by atoms with Crippen LogP contribution in [0.25, 0.3) is 10.6 Å². The van der Waals surface area contributed by atoms with E-state index in [1.807, 2.05) is 31.2 Å². The van der Waals surface area contributed by atoms with E-state index in [1.54, 1.807) is 23.6 Å². The van der Waals surface area contributed by atoms with Gasteiger partial charge < -0.3 is 14.8 Å². The third kappa shape index (κ3) is 5.18. The number of carbonyl (C=O) groups is 1. The van der Waals surface area contributed by atoms with Gasteiger partial charge in [-0.3, -0.25) is 4.79 Å². The summed E-state index contributed by atoms with van der Waals surface area (Å²) in [5.41, 5.74) is 2.65. The Morgan fingerprint density at radius 2 is 1.76 bits per heavy atom. The van der Waals surface area contributed by atoms with Gasteiger partial charge in [0, 0.05) is 16.6 Å². The SMILES string of the molecule is COc1cc(-c2nc(C(=O)Nc3ccc(C)cc3)cs2)ccc1OCc1c(F)cccc1F. The zero-order chi connectivity index (χ0) is 23.4. The van der Waals surface area contributed by atoms with Gasteiger partial charge in [-0.05, 0) is 49.4 Å². The Bertz CT molecular complexity index is 1270. The Balaban J connectivity index is 1.49. The molecule has 0 bridgehead atoms. The molecule has 5 nitrogen and oxygen atoms in total. The molecule has 3 aromatic carbocycles. The Morgan fingerprint density at radius 3 is 2.45 bits per heavy atom. The van der Waals surface area contributed by atoms with Crippen molar-refractivity contribution < 1.29 is 23.0 Å². The molecule has 4 rings (SSSR count). The minimum absolute atomic E-state index is 0.159. The molecule has 0 atom stereocenters. The molecular weight excluding hydrogens is 446 g/mol. The second-order valence-corrected chi connectivity index (χ2v) is 8.07. The fraction of sp³-hybridized carbons (Fsp3) is 0.120. The van der Waals surface area contributed by atoms with Gasteiger partial charge in [0.15, 0.2) is 11.5 Å². The maximum atomic E-state index is 13.9. The molecule has 0 saturated carbocycles. The first-order valence-electron chi connectivity index (χ1n) is 10.0.